The average molecular weight is 364 g/mol. The van der Waals surface area contributed by atoms with Gasteiger partial charge in [-0.1, -0.05) is 48.5 Å². The van der Waals surface area contributed by atoms with Crippen LogP contribution in [0.5, 0.6) is 5.75 Å². The van der Waals surface area contributed by atoms with E-state index in [2.05, 4.69) is 10.9 Å². The van der Waals surface area contributed by atoms with Gasteiger partial charge in [0, 0.05) is 11.5 Å². The minimum absolute atomic E-state index is 0.240. The van der Waals surface area contributed by atoms with E-state index in [-0.39, 0.29) is 12.4 Å². The van der Waals surface area contributed by atoms with Crippen LogP contribution in [-0.2, 0) is 9.59 Å². The molecule has 0 atom stereocenters. The predicted molar refractivity (Wildman–Crippen MR) is 101 cm³/mol. The highest BCUT2D eigenvalue weighted by atomic mass is 19.1. The Hall–Kier alpha value is -3.67. The van der Waals surface area contributed by atoms with Crippen molar-refractivity contribution in [1.82, 2.24) is 10.9 Å². The Balaban J connectivity index is 1.48. The van der Waals surface area contributed by atoms with Gasteiger partial charge in [-0.15, -0.1) is 0 Å². The number of amides is 2. The van der Waals surface area contributed by atoms with Crippen LogP contribution < -0.4 is 15.6 Å². The molecule has 5 nitrogen and oxygen atoms in total. The van der Waals surface area contributed by atoms with Crippen LogP contribution in [0.3, 0.4) is 0 Å². The number of ether oxygens (including phenoxy) is 1. The van der Waals surface area contributed by atoms with E-state index in [4.69, 9.17) is 4.74 Å². The average Bonchev–Trinajstić information content (AvgIpc) is 2.70. The molecule has 0 aromatic heterocycles. The molecule has 0 spiro atoms. The van der Waals surface area contributed by atoms with Crippen molar-refractivity contribution >= 4 is 28.7 Å². The number of nitrogens with one attached hydrogen (secondary N) is 2. The van der Waals surface area contributed by atoms with Gasteiger partial charge < -0.3 is 4.74 Å². The maximum atomic E-state index is 12.8. The fourth-order valence-electron chi connectivity index (χ4n) is 2.42. The van der Waals surface area contributed by atoms with Gasteiger partial charge in [-0.25, -0.2) is 4.39 Å². The molecule has 6 heteroatoms. The van der Waals surface area contributed by atoms with Gasteiger partial charge in [0.1, 0.15) is 11.6 Å². The molecule has 0 fully saturated rings. The van der Waals surface area contributed by atoms with Crippen molar-refractivity contribution in [3.63, 3.8) is 0 Å². The van der Waals surface area contributed by atoms with Crippen LogP contribution in [0.25, 0.3) is 16.8 Å². The summed E-state index contributed by atoms with van der Waals surface area (Å²) >= 11 is 0. The standard InChI is InChI=1S/C21H17FN2O3/c22-17-11-8-15(9-12-17)10-13-20(25)23-24-21(26)14-27-19-7-3-5-16-4-1-2-6-18(16)19/h1-13H,14H2,(H,23,25)(H,24,26). The van der Waals surface area contributed by atoms with E-state index in [1.165, 1.54) is 36.4 Å². The number of carbonyl (C=O) groups excluding carboxylic acids is 2. The molecule has 0 aliphatic rings. The number of fused-ring (bicyclic) bond motifs is 1. The molecule has 0 aliphatic carbocycles. The zero-order chi connectivity index (χ0) is 19.1. The van der Waals surface area contributed by atoms with E-state index in [0.29, 0.717) is 11.3 Å². The van der Waals surface area contributed by atoms with Gasteiger partial charge in [0.25, 0.3) is 11.8 Å². The molecule has 136 valence electrons. The van der Waals surface area contributed by atoms with Crippen molar-refractivity contribution in [2.24, 2.45) is 0 Å². The topological polar surface area (TPSA) is 67.4 Å². The van der Waals surface area contributed by atoms with Crippen molar-refractivity contribution in [3.8, 4) is 5.75 Å². The molecule has 3 rings (SSSR count). The Morgan fingerprint density at radius 3 is 2.48 bits per heavy atom. The van der Waals surface area contributed by atoms with Gasteiger partial charge in [-0.2, -0.15) is 0 Å². The van der Waals surface area contributed by atoms with Crippen molar-refractivity contribution < 1.29 is 18.7 Å². The van der Waals surface area contributed by atoms with Gasteiger partial charge in [-0.05, 0) is 35.2 Å². The Kier molecular flexibility index (Phi) is 5.79. The SMILES string of the molecule is O=C(C=Cc1ccc(F)cc1)NNC(=O)COc1cccc2ccccc12. The van der Waals surface area contributed by atoms with Gasteiger partial charge in [-0.3, -0.25) is 20.4 Å². The van der Waals surface area contributed by atoms with E-state index >= 15 is 0 Å². The normalized spacial score (nSPS) is 10.7. The molecule has 2 amide bonds. The van der Waals surface area contributed by atoms with Crippen LogP contribution in [0.4, 0.5) is 4.39 Å². The molecule has 3 aromatic carbocycles. The first kappa shape index (κ1) is 18.1. The van der Waals surface area contributed by atoms with Crippen molar-refractivity contribution in [2.75, 3.05) is 6.61 Å². The van der Waals surface area contributed by atoms with E-state index in [1.54, 1.807) is 6.07 Å². The Morgan fingerprint density at radius 2 is 1.67 bits per heavy atom. The fraction of sp³-hybridized carbons (Fsp3) is 0.0476. The highest BCUT2D eigenvalue weighted by Gasteiger charge is 2.06. The van der Waals surface area contributed by atoms with Crippen molar-refractivity contribution in [1.29, 1.82) is 0 Å². The largest absolute Gasteiger partial charge is 0.483 e. The van der Waals surface area contributed by atoms with Crippen molar-refractivity contribution in [2.45, 2.75) is 0 Å². The van der Waals surface area contributed by atoms with Gasteiger partial charge in [0.2, 0.25) is 0 Å². The fourth-order valence-corrected chi connectivity index (χ4v) is 2.42. The maximum Gasteiger partial charge on any atom is 0.276 e. The Bertz CT molecular complexity index is 979. The second kappa shape index (κ2) is 8.62. The number of halogens is 1. The lowest BCUT2D eigenvalue weighted by atomic mass is 10.1. The number of hydrogen-bond donors (Lipinski definition) is 2. The van der Waals surface area contributed by atoms with Crippen LogP contribution in [0.1, 0.15) is 5.56 Å². The summed E-state index contributed by atoms with van der Waals surface area (Å²) in [4.78, 5) is 23.6. The molecular weight excluding hydrogens is 347 g/mol. The molecule has 0 aliphatic heterocycles. The van der Waals surface area contributed by atoms with E-state index in [0.717, 1.165) is 10.8 Å². The van der Waals surface area contributed by atoms with Crippen LogP contribution in [-0.4, -0.2) is 18.4 Å². The summed E-state index contributed by atoms with van der Waals surface area (Å²) in [5, 5.41) is 1.91. The van der Waals surface area contributed by atoms with Gasteiger partial charge >= 0.3 is 0 Å². The summed E-state index contributed by atoms with van der Waals surface area (Å²) in [6.45, 7) is -0.240. The number of hydrogen-bond acceptors (Lipinski definition) is 3. The van der Waals surface area contributed by atoms with E-state index in [9.17, 15) is 14.0 Å². The smallest absolute Gasteiger partial charge is 0.276 e. The minimum atomic E-state index is -0.516. The van der Waals surface area contributed by atoms with E-state index < -0.39 is 11.8 Å². The molecule has 3 aromatic rings. The monoisotopic (exact) mass is 364 g/mol. The second-order valence-electron chi connectivity index (χ2n) is 5.69. The third-order valence-corrected chi connectivity index (χ3v) is 3.73. The van der Waals surface area contributed by atoms with Crippen molar-refractivity contribution in [3.05, 3.63) is 84.2 Å². The summed E-state index contributed by atoms with van der Waals surface area (Å²) < 4.78 is 18.4. The highest BCUT2D eigenvalue weighted by Crippen LogP contribution is 2.24. The summed E-state index contributed by atoms with van der Waals surface area (Å²) in [5.74, 6) is -0.773. The van der Waals surface area contributed by atoms with Crippen LogP contribution in [0.15, 0.2) is 72.8 Å². The molecule has 0 unspecified atom stereocenters. The summed E-state index contributed by atoms with van der Waals surface area (Å²) in [6.07, 6.45) is 2.74. The molecule has 0 radical (unpaired) electrons. The van der Waals surface area contributed by atoms with Gasteiger partial charge in [0.15, 0.2) is 6.61 Å². The third-order valence-electron chi connectivity index (χ3n) is 3.73. The van der Waals surface area contributed by atoms with E-state index in [1.807, 2.05) is 36.4 Å². The first-order valence-electron chi connectivity index (χ1n) is 8.25. The second-order valence-corrected chi connectivity index (χ2v) is 5.69. The third kappa shape index (κ3) is 5.15. The van der Waals surface area contributed by atoms with Gasteiger partial charge in [0.05, 0.1) is 0 Å². The number of hydrazine groups is 1. The maximum absolute atomic E-state index is 12.8. The highest BCUT2D eigenvalue weighted by molar-refractivity contribution is 5.93. The lowest BCUT2D eigenvalue weighted by molar-refractivity contribution is -0.128. The molecule has 0 saturated carbocycles. The Morgan fingerprint density at radius 1 is 0.926 bits per heavy atom. The zero-order valence-corrected chi connectivity index (χ0v) is 14.3. The molecule has 2 N–H and O–H groups in total. The molecular formula is C21H17FN2O3. The number of carbonyl (C=O) groups is 2. The molecule has 0 bridgehead atoms. The lowest BCUT2D eigenvalue weighted by Crippen LogP contribution is -2.43. The zero-order valence-electron chi connectivity index (χ0n) is 14.3. The minimum Gasteiger partial charge on any atom is -0.483 e. The van der Waals surface area contributed by atoms with Crippen LogP contribution in [0, 0.1) is 5.82 Å². The van der Waals surface area contributed by atoms with Crippen LogP contribution in [0.2, 0.25) is 0 Å². The molecule has 27 heavy (non-hydrogen) atoms. The summed E-state index contributed by atoms with van der Waals surface area (Å²) in [5.41, 5.74) is 5.19. The Labute approximate surface area is 155 Å². The summed E-state index contributed by atoms with van der Waals surface area (Å²) in [7, 11) is 0. The lowest BCUT2D eigenvalue weighted by Gasteiger charge is -2.09. The first-order valence-corrected chi connectivity index (χ1v) is 8.25. The first-order chi connectivity index (χ1) is 13.1. The summed E-state index contributed by atoms with van der Waals surface area (Å²) in [6, 6.07) is 18.9. The molecule has 0 heterocycles. The van der Waals surface area contributed by atoms with Crippen LogP contribution >= 0.6 is 0 Å². The molecule has 0 saturated heterocycles. The number of benzene rings is 3. The predicted octanol–water partition coefficient (Wildman–Crippen LogP) is 3.22. The number of rotatable bonds is 5. The quantitative estimate of drug-likeness (QED) is 0.540.